The summed E-state index contributed by atoms with van der Waals surface area (Å²) >= 11 is 5.73. The third-order valence-electron chi connectivity index (χ3n) is 1.56. The van der Waals surface area contributed by atoms with Crippen molar-refractivity contribution in [3.63, 3.8) is 0 Å². The van der Waals surface area contributed by atoms with Gasteiger partial charge in [0.05, 0.1) is 11.6 Å². The number of benzene rings is 1. The standard InChI is InChI=1S/C10H9ClO2/c11-10-4-3-8(2-1-5-12)6-9(10)7-13/h1-4,6-7,12H,5H2. The highest BCUT2D eigenvalue weighted by atomic mass is 35.5. The Morgan fingerprint density at radius 1 is 1.46 bits per heavy atom. The lowest BCUT2D eigenvalue weighted by atomic mass is 10.1. The quantitative estimate of drug-likeness (QED) is 0.753. The van der Waals surface area contributed by atoms with Crippen molar-refractivity contribution in [3.8, 4) is 0 Å². The normalized spacial score (nSPS) is 10.6. The topological polar surface area (TPSA) is 37.3 Å². The summed E-state index contributed by atoms with van der Waals surface area (Å²) in [5.41, 5.74) is 1.31. The van der Waals surface area contributed by atoms with Crippen molar-refractivity contribution < 1.29 is 9.90 Å². The first-order valence-electron chi connectivity index (χ1n) is 3.80. The average Bonchev–Trinajstić information content (AvgIpc) is 2.16. The molecule has 0 atom stereocenters. The predicted molar refractivity (Wildman–Crippen MR) is 53.0 cm³/mol. The van der Waals surface area contributed by atoms with E-state index in [0.717, 1.165) is 5.56 Å². The van der Waals surface area contributed by atoms with E-state index in [2.05, 4.69) is 0 Å². The van der Waals surface area contributed by atoms with Gasteiger partial charge in [0.2, 0.25) is 0 Å². The molecule has 1 aromatic carbocycles. The van der Waals surface area contributed by atoms with Gasteiger partial charge in [0.25, 0.3) is 0 Å². The summed E-state index contributed by atoms with van der Waals surface area (Å²) in [5.74, 6) is 0. The molecule has 2 nitrogen and oxygen atoms in total. The van der Waals surface area contributed by atoms with Crippen molar-refractivity contribution in [2.24, 2.45) is 0 Å². The van der Waals surface area contributed by atoms with Crippen LogP contribution in [0.3, 0.4) is 0 Å². The molecule has 0 fully saturated rings. The molecule has 1 aromatic rings. The van der Waals surface area contributed by atoms with Crippen LogP contribution in [0.15, 0.2) is 24.3 Å². The summed E-state index contributed by atoms with van der Waals surface area (Å²) in [4.78, 5) is 10.5. The highest BCUT2D eigenvalue weighted by Gasteiger charge is 1.97. The van der Waals surface area contributed by atoms with E-state index in [1.54, 1.807) is 30.4 Å². The Morgan fingerprint density at radius 3 is 2.85 bits per heavy atom. The number of rotatable bonds is 3. The first kappa shape index (κ1) is 9.96. The summed E-state index contributed by atoms with van der Waals surface area (Å²) in [6.07, 6.45) is 4.03. The Kier molecular flexibility index (Phi) is 3.68. The molecule has 0 aromatic heterocycles. The van der Waals surface area contributed by atoms with E-state index in [0.29, 0.717) is 16.9 Å². The summed E-state index contributed by atoms with van der Waals surface area (Å²) in [7, 11) is 0. The minimum Gasteiger partial charge on any atom is -0.392 e. The van der Waals surface area contributed by atoms with Crippen molar-refractivity contribution in [1.82, 2.24) is 0 Å². The zero-order valence-electron chi connectivity index (χ0n) is 6.90. The van der Waals surface area contributed by atoms with Crippen LogP contribution in [0.2, 0.25) is 5.02 Å². The molecule has 0 spiro atoms. The highest BCUT2D eigenvalue weighted by Crippen LogP contribution is 2.16. The van der Waals surface area contributed by atoms with Gasteiger partial charge in [0, 0.05) is 5.56 Å². The van der Waals surface area contributed by atoms with Gasteiger partial charge in [-0.3, -0.25) is 4.79 Å². The Balaban J connectivity index is 2.99. The highest BCUT2D eigenvalue weighted by molar-refractivity contribution is 6.33. The van der Waals surface area contributed by atoms with Gasteiger partial charge < -0.3 is 5.11 Å². The third-order valence-corrected chi connectivity index (χ3v) is 1.91. The second-order valence-electron chi connectivity index (χ2n) is 2.48. The maximum Gasteiger partial charge on any atom is 0.151 e. The van der Waals surface area contributed by atoms with E-state index in [9.17, 15) is 4.79 Å². The number of hydrogen-bond acceptors (Lipinski definition) is 2. The molecule has 1 rings (SSSR count). The number of halogens is 1. The lowest BCUT2D eigenvalue weighted by Gasteiger charge is -1.97. The predicted octanol–water partition coefficient (Wildman–Crippen LogP) is 2.16. The molecule has 0 heterocycles. The van der Waals surface area contributed by atoms with Crippen molar-refractivity contribution in [2.75, 3.05) is 6.61 Å². The van der Waals surface area contributed by atoms with Crippen LogP contribution in [0, 0.1) is 0 Å². The molecule has 0 unspecified atom stereocenters. The van der Waals surface area contributed by atoms with Crippen molar-refractivity contribution in [3.05, 3.63) is 40.4 Å². The van der Waals surface area contributed by atoms with Crippen LogP contribution in [0.1, 0.15) is 15.9 Å². The van der Waals surface area contributed by atoms with E-state index in [1.807, 2.05) is 0 Å². The molecule has 0 saturated heterocycles. The molecule has 0 aliphatic carbocycles. The maximum absolute atomic E-state index is 10.5. The molecule has 0 saturated carbocycles. The monoisotopic (exact) mass is 196 g/mol. The fourth-order valence-electron chi connectivity index (χ4n) is 0.945. The number of aliphatic hydroxyl groups excluding tert-OH is 1. The van der Waals surface area contributed by atoms with Crippen molar-refractivity contribution in [1.29, 1.82) is 0 Å². The molecule has 0 aliphatic heterocycles. The van der Waals surface area contributed by atoms with Gasteiger partial charge in [-0.2, -0.15) is 0 Å². The van der Waals surface area contributed by atoms with E-state index in [4.69, 9.17) is 16.7 Å². The van der Waals surface area contributed by atoms with Crippen LogP contribution >= 0.6 is 11.6 Å². The van der Waals surface area contributed by atoms with E-state index < -0.39 is 0 Å². The van der Waals surface area contributed by atoms with Crippen LogP contribution in [0.4, 0.5) is 0 Å². The lowest BCUT2D eigenvalue weighted by molar-refractivity contribution is 0.112. The zero-order chi connectivity index (χ0) is 9.68. The van der Waals surface area contributed by atoms with Gasteiger partial charge in [-0.25, -0.2) is 0 Å². The summed E-state index contributed by atoms with van der Waals surface area (Å²) in [5, 5.41) is 8.97. The molecule has 13 heavy (non-hydrogen) atoms. The van der Waals surface area contributed by atoms with Gasteiger partial charge in [-0.15, -0.1) is 0 Å². The Bertz CT molecular complexity index is 332. The van der Waals surface area contributed by atoms with Crippen LogP contribution in [-0.4, -0.2) is 18.0 Å². The minimum absolute atomic E-state index is 0.0148. The Labute approximate surface area is 81.5 Å². The average molecular weight is 197 g/mol. The molecule has 0 amide bonds. The molecular formula is C10H9ClO2. The second-order valence-corrected chi connectivity index (χ2v) is 2.89. The van der Waals surface area contributed by atoms with Crippen molar-refractivity contribution in [2.45, 2.75) is 0 Å². The SMILES string of the molecule is O=Cc1cc(C=CCO)ccc1Cl. The minimum atomic E-state index is -0.0148. The molecule has 3 heteroatoms. The van der Waals surface area contributed by atoms with Gasteiger partial charge in [0.15, 0.2) is 6.29 Å². The van der Waals surface area contributed by atoms with Gasteiger partial charge in [-0.05, 0) is 17.7 Å². The van der Waals surface area contributed by atoms with Crippen LogP contribution < -0.4 is 0 Å². The summed E-state index contributed by atoms with van der Waals surface area (Å²) < 4.78 is 0. The smallest absolute Gasteiger partial charge is 0.151 e. The van der Waals surface area contributed by atoms with Gasteiger partial charge in [0.1, 0.15) is 0 Å². The lowest BCUT2D eigenvalue weighted by Crippen LogP contribution is -1.83. The fourth-order valence-corrected chi connectivity index (χ4v) is 1.11. The van der Waals surface area contributed by atoms with Crippen LogP contribution in [-0.2, 0) is 0 Å². The van der Waals surface area contributed by atoms with Gasteiger partial charge >= 0.3 is 0 Å². The number of aliphatic hydroxyl groups is 1. The molecule has 0 radical (unpaired) electrons. The third kappa shape index (κ3) is 2.68. The number of carbonyl (C=O) groups excluding carboxylic acids is 1. The Hall–Kier alpha value is -1.12. The van der Waals surface area contributed by atoms with Gasteiger partial charge in [-0.1, -0.05) is 29.8 Å². The first-order valence-corrected chi connectivity index (χ1v) is 4.18. The van der Waals surface area contributed by atoms with E-state index in [1.165, 1.54) is 0 Å². The summed E-state index contributed by atoms with van der Waals surface area (Å²) in [6, 6.07) is 5.10. The van der Waals surface area contributed by atoms with E-state index >= 15 is 0 Å². The maximum atomic E-state index is 10.5. The molecule has 1 N–H and O–H groups in total. The molecule has 0 aliphatic rings. The fraction of sp³-hybridized carbons (Fsp3) is 0.100. The largest absolute Gasteiger partial charge is 0.392 e. The first-order chi connectivity index (χ1) is 6.27. The molecular weight excluding hydrogens is 188 g/mol. The van der Waals surface area contributed by atoms with E-state index in [-0.39, 0.29) is 6.61 Å². The van der Waals surface area contributed by atoms with Crippen molar-refractivity contribution >= 4 is 24.0 Å². The number of carbonyl (C=O) groups is 1. The molecule has 0 bridgehead atoms. The Morgan fingerprint density at radius 2 is 2.23 bits per heavy atom. The van der Waals surface area contributed by atoms with Crippen LogP contribution in [0.5, 0.6) is 0 Å². The second kappa shape index (κ2) is 4.80. The molecule has 68 valence electrons. The van der Waals surface area contributed by atoms with Crippen LogP contribution in [0.25, 0.3) is 6.08 Å². The number of hydrogen-bond donors (Lipinski definition) is 1. The summed E-state index contributed by atoms with van der Waals surface area (Å²) in [6.45, 7) is -0.0148. The zero-order valence-corrected chi connectivity index (χ0v) is 7.66. The number of aldehydes is 1.